The molecule has 1 fully saturated rings. The molecule has 2 N–H and O–H groups in total. The van der Waals surface area contributed by atoms with Gasteiger partial charge in [-0.25, -0.2) is 0 Å². The van der Waals surface area contributed by atoms with Gasteiger partial charge in [0.05, 0.1) is 0 Å². The van der Waals surface area contributed by atoms with E-state index in [1.807, 2.05) is 0 Å². The first-order valence-electron chi connectivity index (χ1n) is 7.12. The second kappa shape index (κ2) is 5.53. The molecule has 0 heterocycles. The Kier molecular flexibility index (Phi) is 4.85. The van der Waals surface area contributed by atoms with Gasteiger partial charge in [-0.05, 0) is 42.4 Å². The number of hydrogen-bond donors (Lipinski definition) is 1. The highest BCUT2D eigenvalue weighted by molar-refractivity contribution is 4.90. The maximum Gasteiger partial charge on any atom is 0.00747 e. The summed E-state index contributed by atoms with van der Waals surface area (Å²) in [4.78, 5) is 0. The second-order valence-electron chi connectivity index (χ2n) is 6.89. The molecule has 0 radical (unpaired) electrons. The van der Waals surface area contributed by atoms with E-state index in [1.54, 1.807) is 0 Å². The van der Waals surface area contributed by atoms with Gasteiger partial charge in [-0.2, -0.15) is 0 Å². The molecule has 1 rings (SSSR count). The van der Waals surface area contributed by atoms with Crippen molar-refractivity contribution in [2.75, 3.05) is 0 Å². The zero-order valence-corrected chi connectivity index (χ0v) is 11.9. The molecule has 0 aromatic rings. The van der Waals surface area contributed by atoms with Crippen molar-refractivity contribution < 1.29 is 0 Å². The molecular formula is C15H31N. The molecule has 0 saturated heterocycles. The summed E-state index contributed by atoms with van der Waals surface area (Å²) in [7, 11) is 0. The van der Waals surface area contributed by atoms with Crippen LogP contribution in [-0.4, -0.2) is 6.04 Å². The third-order valence-electron chi connectivity index (χ3n) is 4.74. The largest absolute Gasteiger partial charge is 0.327 e. The fourth-order valence-electron chi connectivity index (χ4n) is 3.59. The molecule has 4 unspecified atom stereocenters. The van der Waals surface area contributed by atoms with E-state index in [2.05, 4.69) is 34.6 Å². The van der Waals surface area contributed by atoms with E-state index in [1.165, 1.54) is 32.1 Å². The molecular weight excluding hydrogens is 194 g/mol. The van der Waals surface area contributed by atoms with Gasteiger partial charge in [0, 0.05) is 6.04 Å². The van der Waals surface area contributed by atoms with E-state index in [9.17, 15) is 0 Å². The highest BCUT2D eigenvalue weighted by Gasteiger charge is 2.37. The van der Waals surface area contributed by atoms with Crippen LogP contribution in [-0.2, 0) is 0 Å². The van der Waals surface area contributed by atoms with Crippen LogP contribution >= 0.6 is 0 Å². The Morgan fingerprint density at radius 2 is 1.94 bits per heavy atom. The Balaban J connectivity index is 2.60. The first kappa shape index (κ1) is 14.0. The Morgan fingerprint density at radius 3 is 2.44 bits per heavy atom. The van der Waals surface area contributed by atoms with E-state index in [4.69, 9.17) is 5.73 Å². The number of hydrogen-bond acceptors (Lipinski definition) is 1. The summed E-state index contributed by atoms with van der Waals surface area (Å²) in [6.45, 7) is 11.9. The molecule has 96 valence electrons. The molecule has 0 aromatic heterocycles. The van der Waals surface area contributed by atoms with E-state index in [-0.39, 0.29) is 0 Å². The summed E-state index contributed by atoms with van der Waals surface area (Å²) in [5.74, 6) is 2.41. The highest BCUT2D eigenvalue weighted by atomic mass is 14.7. The molecule has 0 amide bonds. The van der Waals surface area contributed by atoms with E-state index >= 15 is 0 Å². The van der Waals surface area contributed by atoms with Crippen molar-refractivity contribution in [1.82, 2.24) is 0 Å². The molecule has 1 nitrogen and oxygen atoms in total. The Labute approximate surface area is 102 Å². The third kappa shape index (κ3) is 3.48. The topological polar surface area (TPSA) is 26.0 Å². The van der Waals surface area contributed by atoms with Crippen LogP contribution < -0.4 is 5.73 Å². The molecule has 0 aromatic carbocycles. The smallest absolute Gasteiger partial charge is 0.00747 e. The molecule has 0 bridgehead atoms. The van der Waals surface area contributed by atoms with Crippen LogP contribution in [0.2, 0.25) is 0 Å². The van der Waals surface area contributed by atoms with Gasteiger partial charge in [-0.1, -0.05) is 47.5 Å². The minimum absolute atomic E-state index is 0.426. The summed E-state index contributed by atoms with van der Waals surface area (Å²) in [6.07, 6.45) is 6.57. The minimum Gasteiger partial charge on any atom is -0.327 e. The molecule has 1 heteroatoms. The monoisotopic (exact) mass is 225 g/mol. The van der Waals surface area contributed by atoms with Crippen LogP contribution in [0.5, 0.6) is 0 Å². The van der Waals surface area contributed by atoms with Crippen molar-refractivity contribution in [3.8, 4) is 0 Å². The third-order valence-corrected chi connectivity index (χ3v) is 4.74. The molecule has 1 aliphatic carbocycles. The van der Waals surface area contributed by atoms with Crippen molar-refractivity contribution in [1.29, 1.82) is 0 Å². The van der Waals surface area contributed by atoms with Gasteiger partial charge in [-0.15, -0.1) is 0 Å². The summed E-state index contributed by atoms with van der Waals surface area (Å²) in [6, 6.07) is 0.433. The summed E-state index contributed by atoms with van der Waals surface area (Å²) >= 11 is 0. The quantitative estimate of drug-likeness (QED) is 0.762. The molecule has 0 spiro atoms. The van der Waals surface area contributed by atoms with E-state index in [0.717, 1.165) is 17.8 Å². The van der Waals surface area contributed by atoms with E-state index < -0.39 is 0 Å². The SMILES string of the molecule is CCC(C)CC(C)(C)C1CCC(C)CC1N. The maximum absolute atomic E-state index is 6.37. The standard InChI is InChI=1S/C15H31N/c1-6-11(2)10-15(4,5)13-8-7-12(3)9-14(13)16/h11-14H,6-10,16H2,1-5H3. The van der Waals surface area contributed by atoms with Gasteiger partial charge in [-0.3, -0.25) is 0 Å². The van der Waals surface area contributed by atoms with Crippen molar-refractivity contribution in [3.05, 3.63) is 0 Å². The average molecular weight is 225 g/mol. The summed E-state index contributed by atoms with van der Waals surface area (Å²) < 4.78 is 0. The lowest BCUT2D eigenvalue weighted by Crippen LogP contribution is -2.44. The van der Waals surface area contributed by atoms with Gasteiger partial charge in [0.2, 0.25) is 0 Å². The Hall–Kier alpha value is -0.0400. The normalized spacial score (nSPS) is 33.8. The molecule has 4 atom stereocenters. The van der Waals surface area contributed by atoms with Crippen LogP contribution in [0.4, 0.5) is 0 Å². The van der Waals surface area contributed by atoms with Crippen LogP contribution in [0.25, 0.3) is 0 Å². The lowest BCUT2D eigenvalue weighted by molar-refractivity contribution is 0.0892. The zero-order chi connectivity index (χ0) is 12.3. The highest BCUT2D eigenvalue weighted by Crippen LogP contribution is 2.43. The van der Waals surface area contributed by atoms with Crippen LogP contribution in [0, 0.1) is 23.2 Å². The fraction of sp³-hybridized carbons (Fsp3) is 1.00. The number of rotatable bonds is 4. The second-order valence-corrected chi connectivity index (χ2v) is 6.89. The Morgan fingerprint density at radius 1 is 1.31 bits per heavy atom. The van der Waals surface area contributed by atoms with Gasteiger partial charge in [0.15, 0.2) is 0 Å². The van der Waals surface area contributed by atoms with Gasteiger partial charge < -0.3 is 5.73 Å². The molecule has 0 aliphatic heterocycles. The van der Waals surface area contributed by atoms with Crippen molar-refractivity contribution in [3.63, 3.8) is 0 Å². The molecule has 1 saturated carbocycles. The average Bonchev–Trinajstić information content (AvgIpc) is 2.16. The van der Waals surface area contributed by atoms with Crippen molar-refractivity contribution in [2.24, 2.45) is 28.9 Å². The van der Waals surface area contributed by atoms with Crippen LogP contribution in [0.15, 0.2) is 0 Å². The van der Waals surface area contributed by atoms with Crippen LogP contribution in [0.3, 0.4) is 0 Å². The minimum atomic E-state index is 0.426. The number of nitrogens with two attached hydrogens (primary N) is 1. The van der Waals surface area contributed by atoms with Crippen LogP contribution in [0.1, 0.15) is 66.7 Å². The predicted molar refractivity (Wildman–Crippen MR) is 72.3 cm³/mol. The Bertz CT molecular complexity index is 209. The first-order chi connectivity index (χ1) is 7.36. The van der Waals surface area contributed by atoms with E-state index in [0.29, 0.717) is 11.5 Å². The maximum atomic E-state index is 6.37. The van der Waals surface area contributed by atoms with Crippen molar-refractivity contribution >= 4 is 0 Å². The van der Waals surface area contributed by atoms with Gasteiger partial charge in [0.25, 0.3) is 0 Å². The zero-order valence-electron chi connectivity index (χ0n) is 11.9. The summed E-state index contributed by atoms with van der Waals surface area (Å²) in [5.41, 5.74) is 6.80. The van der Waals surface area contributed by atoms with Gasteiger partial charge in [0.1, 0.15) is 0 Å². The first-order valence-corrected chi connectivity index (χ1v) is 7.12. The molecule has 16 heavy (non-hydrogen) atoms. The predicted octanol–water partition coefficient (Wildman–Crippen LogP) is 4.21. The van der Waals surface area contributed by atoms with Gasteiger partial charge >= 0.3 is 0 Å². The van der Waals surface area contributed by atoms with Crippen molar-refractivity contribution in [2.45, 2.75) is 72.8 Å². The summed E-state index contributed by atoms with van der Waals surface area (Å²) in [5, 5.41) is 0. The molecule has 1 aliphatic rings. The fourth-order valence-corrected chi connectivity index (χ4v) is 3.59. The lowest BCUT2D eigenvalue weighted by atomic mass is 9.64. The lowest BCUT2D eigenvalue weighted by Gasteiger charge is -2.44.